The summed E-state index contributed by atoms with van der Waals surface area (Å²) in [4.78, 5) is 17.3. The fraction of sp³-hybridized carbons (Fsp3) is 0.267. The third-order valence-corrected chi connectivity index (χ3v) is 3.14. The Labute approximate surface area is 128 Å². The van der Waals surface area contributed by atoms with Gasteiger partial charge in [-0.05, 0) is 25.2 Å². The lowest BCUT2D eigenvalue weighted by Crippen LogP contribution is -2.11. The monoisotopic (exact) mass is 298 g/mol. The maximum absolute atomic E-state index is 5.79. The highest BCUT2D eigenvalue weighted by Gasteiger charge is 2.10. The number of hydrogen-bond acceptors (Lipinski definition) is 6. The molecule has 2 heterocycles. The van der Waals surface area contributed by atoms with Crippen LogP contribution in [0.2, 0.25) is 0 Å². The second-order valence-corrected chi connectivity index (χ2v) is 5.33. The van der Waals surface area contributed by atoms with Crippen molar-refractivity contribution < 1.29 is 4.74 Å². The summed E-state index contributed by atoms with van der Waals surface area (Å²) in [6.45, 7) is 1.30. The number of ether oxygens (including phenoxy) is 1. The van der Waals surface area contributed by atoms with Crippen molar-refractivity contribution in [3.05, 3.63) is 41.7 Å². The summed E-state index contributed by atoms with van der Waals surface area (Å²) < 4.78 is 5.79. The van der Waals surface area contributed by atoms with Crippen LogP contribution >= 0.6 is 0 Å². The van der Waals surface area contributed by atoms with E-state index in [1.54, 1.807) is 6.33 Å². The van der Waals surface area contributed by atoms with Gasteiger partial charge in [-0.3, -0.25) is 0 Å². The molecule has 0 saturated heterocycles. The van der Waals surface area contributed by atoms with Crippen LogP contribution in [0.1, 0.15) is 11.1 Å². The van der Waals surface area contributed by atoms with Crippen LogP contribution in [0.4, 0.5) is 5.95 Å². The topological polar surface area (TPSA) is 92.9 Å². The Kier molecular flexibility index (Phi) is 3.88. The van der Waals surface area contributed by atoms with Gasteiger partial charge in [0.25, 0.3) is 0 Å². The number of fused-ring (bicyclic) bond motifs is 1. The zero-order chi connectivity index (χ0) is 15.5. The van der Waals surface area contributed by atoms with E-state index in [2.05, 4.69) is 37.0 Å². The first-order chi connectivity index (χ1) is 10.6. The number of H-pyrrole nitrogens is 1. The Hall–Kier alpha value is -2.67. The van der Waals surface area contributed by atoms with Gasteiger partial charge in [0.15, 0.2) is 5.65 Å². The molecule has 0 radical (unpaired) electrons. The molecule has 0 spiro atoms. The number of aromatic nitrogens is 4. The third-order valence-electron chi connectivity index (χ3n) is 3.14. The summed E-state index contributed by atoms with van der Waals surface area (Å²) in [5.74, 6) is 0.564. The molecule has 0 saturated carbocycles. The van der Waals surface area contributed by atoms with Crippen LogP contribution in [0, 0.1) is 0 Å². The lowest BCUT2D eigenvalue weighted by atomic mass is 10.1. The first-order valence-corrected chi connectivity index (χ1v) is 6.94. The second-order valence-electron chi connectivity index (χ2n) is 5.33. The van der Waals surface area contributed by atoms with Gasteiger partial charge in [-0.1, -0.05) is 24.3 Å². The van der Waals surface area contributed by atoms with E-state index in [-0.39, 0.29) is 5.95 Å². The minimum absolute atomic E-state index is 0.149. The maximum atomic E-state index is 5.79. The number of nitrogens with two attached hydrogens (primary N) is 1. The van der Waals surface area contributed by atoms with E-state index in [1.807, 2.05) is 26.2 Å². The van der Waals surface area contributed by atoms with Gasteiger partial charge in [-0.25, -0.2) is 4.98 Å². The van der Waals surface area contributed by atoms with E-state index < -0.39 is 0 Å². The molecular formula is C15H18N6O. The average molecular weight is 298 g/mol. The minimum Gasteiger partial charge on any atom is -0.471 e. The first-order valence-electron chi connectivity index (χ1n) is 6.94. The molecule has 3 N–H and O–H groups in total. The quantitative estimate of drug-likeness (QED) is 0.743. The van der Waals surface area contributed by atoms with Crippen molar-refractivity contribution in [1.82, 2.24) is 24.8 Å². The molecular weight excluding hydrogens is 280 g/mol. The molecule has 0 aliphatic rings. The number of aromatic amines is 1. The predicted molar refractivity (Wildman–Crippen MR) is 84.3 cm³/mol. The number of anilines is 1. The van der Waals surface area contributed by atoms with Gasteiger partial charge >= 0.3 is 0 Å². The summed E-state index contributed by atoms with van der Waals surface area (Å²) in [6.07, 6.45) is 1.54. The number of nitrogen functional groups attached to an aromatic ring is 1. The Morgan fingerprint density at radius 2 is 2.05 bits per heavy atom. The molecule has 0 bridgehead atoms. The molecule has 22 heavy (non-hydrogen) atoms. The van der Waals surface area contributed by atoms with Crippen LogP contribution in [0.25, 0.3) is 11.2 Å². The summed E-state index contributed by atoms with van der Waals surface area (Å²) in [6, 6.07) is 8.26. The van der Waals surface area contributed by atoms with Crippen LogP contribution in [0.15, 0.2) is 30.6 Å². The lowest BCUT2D eigenvalue weighted by molar-refractivity contribution is 0.297. The lowest BCUT2D eigenvalue weighted by Gasteiger charge is -2.11. The molecule has 0 aliphatic heterocycles. The van der Waals surface area contributed by atoms with Crippen LogP contribution in [-0.2, 0) is 13.2 Å². The summed E-state index contributed by atoms with van der Waals surface area (Å²) >= 11 is 0. The van der Waals surface area contributed by atoms with Gasteiger partial charge in [0, 0.05) is 6.54 Å². The molecule has 0 amide bonds. The van der Waals surface area contributed by atoms with Gasteiger partial charge in [-0.15, -0.1) is 0 Å². The number of rotatable bonds is 5. The maximum Gasteiger partial charge on any atom is 0.245 e. The van der Waals surface area contributed by atoms with Gasteiger partial charge in [0.1, 0.15) is 12.1 Å². The second kappa shape index (κ2) is 5.98. The zero-order valence-corrected chi connectivity index (χ0v) is 12.6. The van der Waals surface area contributed by atoms with Crippen LogP contribution in [0.3, 0.4) is 0 Å². The number of imidazole rings is 1. The van der Waals surface area contributed by atoms with Crippen molar-refractivity contribution in [2.24, 2.45) is 0 Å². The number of hydrogen-bond donors (Lipinski definition) is 2. The number of nitrogens with zero attached hydrogens (tertiary/aromatic N) is 4. The van der Waals surface area contributed by atoms with Gasteiger partial charge < -0.3 is 20.4 Å². The highest BCUT2D eigenvalue weighted by Crippen LogP contribution is 2.21. The Morgan fingerprint density at radius 1 is 1.23 bits per heavy atom. The van der Waals surface area contributed by atoms with E-state index >= 15 is 0 Å². The molecule has 0 atom stereocenters. The van der Waals surface area contributed by atoms with E-state index in [9.17, 15) is 0 Å². The van der Waals surface area contributed by atoms with Crippen LogP contribution in [0.5, 0.6) is 5.88 Å². The Bertz CT molecular complexity index is 783. The third kappa shape index (κ3) is 3.15. The predicted octanol–water partition coefficient (Wildman–Crippen LogP) is 1.58. The zero-order valence-electron chi connectivity index (χ0n) is 12.6. The molecule has 3 aromatic rings. The van der Waals surface area contributed by atoms with Crippen molar-refractivity contribution in [3.8, 4) is 5.88 Å². The van der Waals surface area contributed by atoms with E-state index in [0.29, 0.717) is 23.7 Å². The molecule has 2 aromatic heterocycles. The smallest absolute Gasteiger partial charge is 0.245 e. The SMILES string of the molecule is CN(C)Cc1cccc(COc2nc(N)nc3nc[nH]c23)c1. The van der Waals surface area contributed by atoms with E-state index in [4.69, 9.17) is 10.5 Å². The number of nitrogens with one attached hydrogen (secondary N) is 1. The Morgan fingerprint density at radius 3 is 2.86 bits per heavy atom. The van der Waals surface area contributed by atoms with Crippen molar-refractivity contribution in [1.29, 1.82) is 0 Å². The van der Waals surface area contributed by atoms with E-state index in [1.165, 1.54) is 5.56 Å². The normalized spacial score (nSPS) is 11.2. The Balaban J connectivity index is 1.78. The summed E-state index contributed by atoms with van der Waals surface area (Å²) in [7, 11) is 4.09. The highest BCUT2D eigenvalue weighted by atomic mass is 16.5. The van der Waals surface area contributed by atoms with Crippen molar-refractivity contribution in [2.45, 2.75) is 13.2 Å². The molecule has 3 rings (SSSR count). The van der Waals surface area contributed by atoms with Crippen LogP contribution in [-0.4, -0.2) is 38.9 Å². The van der Waals surface area contributed by atoms with Gasteiger partial charge in [0.05, 0.1) is 6.33 Å². The molecule has 7 heteroatoms. The molecule has 0 aliphatic carbocycles. The van der Waals surface area contributed by atoms with Crippen molar-refractivity contribution in [3.63, 3.8) is 0 Å². The largest absolute Gasteiger partial charge is 0.471 e. The molecule has 1 aromatic carbocycles. The molecule has 0 fully saturated rings. The molecule has 7 nitrogen and oxygen atoms in total. The fourth-order valence-corrected chi connectivity index (χ4v) is 2.26. The summed E-state index contributed by atoms with van der Waals surface area (Å²) in [5, 5.41) is 0. The van der Waals surface area contributed by atoms with Crippen molar-refractivity contribution >= 4 is 17.1 Å². The standard InChI is InChI=1S/C15H18N6O/c1-21(2)7-10-4-3-5-11(6-10)8-22-14-12-13(18-9-17-12)19-15(16)20-14/h3-6,9H,7-8H2,1-2H3,(H3,16,17,18,19,20). The molecule has 0 unspecified atom stereocenters. The summed E-state index contributed by atoms with van der Waals surface area (Å²) in [5.41, 5.74) is 9.13. The van der Waals surface area contributed by atoms with Gasteiger partial charge in [-0.2, -0.15) is 9.97 Å². The molecule has 114 valence electrons. The minimum atomic E-state index is 0.149. The van der Waals surface area contributed by atoms with Gasteiger partial charge in [0.2, 0.25) is 11.8 Å². The number of benzene rings is 1. The average Bonchev–Trinajstić information content (AvgIpc) is 2.92. The fourth-order valence-electron chi connectivity index (χ4n) is 2.26. The van der Waals surface area contributed by atoms with Crippen molar-refractivity contribution in [2.75, 3.05) is 19.8 Å². The van der Waals surface area contributed by atoms with E-state index in [0.717, 1.165) is 12.1 Å². The first kappa shape index (κ1) is 14.3. The van der Waals surface area contributed by atoms with Crippen LogP contribution < -0.4 is 10.5 Å². The highest BCUT2D eigenvalue weighted by molar-refractivity contribution is 5.76.